The van der Waals surface area contributed by atoms with Gasteiger partial charge in [0.1, 0.15) is 5.01 Å². The molecule has 3 rings (SSSR count). The molecule has 0 atom stereocenters. The van der Waals surface area contributed by atoms with Gasteiger partial charge in [-0.25, -0.2) is 4.98 Å². The largest absolute Gasteiger partial charge is 0.493 e. The maximum Gasteiger partial charge on any atom is 0.161 e. The third kappa shape index (κ3) is 4.87. The van der Waals surface area contributed by atoms with E-state index >= 15 is 0 Å². The summed E-state index contributed by atoms with van der Waals surface area (Å²) in [5.74, 6) is 2.05. The van der Waals surface area contributed by atoms with Crippen molar-refractivity contribution in [1.82, 2.24) is 10.3 Å². The third-order valence-corrected chi connectivity index (χ3v) is 5.52. The molecule has 0 saturated heterocycles. The molecule has 0 aliphatic heterocycles. The zero-order valence-electron chi connectivity index (χ0n) is 16.3. The van der Waals surface area contributed by atoms with Gasteiger partial charge in [-0.15, -0.1) is 11.3 Å². The second-order valence-corrected chi connectivity index (χ2v) is 7.80. The summed E-state index contributed by atoms with van der Waals surface area (Å²) in [6.45, 7) is 5.91. The van der Waals surface area contributed by atoms with Crippen molar-refractivity contribution in [3.8, 4) is 21.9 Å². The van der Waals surface area contributed by atoms with E-state index in [-0.39, 0.29) is 0 Å². The fourth-order valence-electron chi connectivity index (χ4n) is 2.86. The highest BCUT2D eigenvalue weighted by Crippen LogP contribution is 2.29. The molecule has 0 radical (unpaired) electrons. The van der Waals surface area contributed by atoms with E-state index in [1.54, 1.807) is 25.6 Å². The molecule has 0 bridgehead atoms. The second-order valence-electron chi connectivity index (χ2n) is 6.69. The quantitative estimate of drug-likeness (QED) is 0.578. The van der Waals surface area contributed by atoms with Crippen molar-refractivity contribution in [3.63, 3.8) is 0 Å². The van der Waals surface area contributed by atoms with Crippen molar-refractivity contribution in [2.75, 3.05) is 14.2 Å². The highest BCUT2D eigenvalue weighted by Gasteiger charge is 2.07. The Labute approximate surface area is 165 Å². The van der Waals surface area contributed by atoms with Gasteiger partial charge in [0.2, 0.25) is 0 Å². The number of thiazole rings is 1. The van der Waals surface area contributed by atoms with Crippen LogP contribution in [0.5, 0.6) is 11.5 Å². The molecule has 1 aromatic heterocycles. The molecule has 1 N–H and O–H groups in total. The number of nitrogens with one attached hydrogen (secondary N) is 1. The first-order chi connectivity index (χ1) is 13.1. The minimum absolute atomic E-state index is 0.553. The van der Waals surface area contributed by atoms with Crippen LogP contribution >= 0.6 is 11.3 Å². The maximum absolute atomic E-state index is 5.35. The van der Waals surface area contributed by atoms with Crippen LogP contribution in [0, 0.1) is 0 Å². The lowest BCUT2D eigenvalue weighted by molar-refractivity contribution is 0.354. The number of hydrogen-bond donors (Lipinski definition) is 1. The van der Waals surface area contributed by atoms with Crippen molar-refractivity contribution in [3.05, 3.63) is 64.8 Å². The summed E-state index contributed by atoms with van der Waals surface area (Å²) in [4.78, 5) is 5.76. The van der Waals surface area contributed by atoms with Crippen LogP contribution in [0.1, 0.15) is 35.9 Å². The molecular weight excluding hydrogens is 356 g/mol. The molecule has 0 fully saturated rings. The lowest BCUT2D eigenvalue weighted by atomic mass is 10.0. The van der Waals surface area contributed by atoms with E-state index < -0.39 is 0 Å². The third-order valence-electron chi connectivity index (χ3n) is 4.47. The fraction of sp³-hybridized carbons (Fsp3) is 0.318. The molecule has 142 valence electrons. The van der Waals surface area contributed by atoms with Crippen LogP contribution in [0.25, 0.3) is 10.4 Å². The minimum atomic E-state index is 0.553. The lowest BCUT2D eigenvalue weighted by Crippen LogP contribution is -2.12. The Morgan fingerprint density at radius 2 is 1.70 bits per heavy atom. The van der Waals surface area contributed by atoms with Crippen molar-refractivity contribution >= 4 is 11.3 Å². The summed E-state index contributed by atoms with van der Waals surface area (Å²) in [5.41, 5.74) is 3.73. The predicted molar refractivity (Wildman–Crippen MR) is 112 cm³/mol. The molecule has 0 aliphatic rings. The van der Waals surface area contributed by atoms with Crippen LogP contribution in [0.3, 0.4) is 0 Å². The van der Waals surface area contributed by atoms with E-state index in [4.69, 9.17) is 9.47 Å². The van der Waals surface area contributed by atoms with Crippen LogP contribution in [-0.4, -0.2) is 19.2 Å². The van der Waals surface area contributed by atoms with Crippen molar-refractivity contribution in [2.24, 2.45) is 0 Å². The number of benzene rings is 2. The summed E-state index contributed by atoms with van der Waals surface area (Å²) >= 11 is 1.73. The predicted octanol–water partition coefficient (Wildman–Crippen LogP) is 5.24. The molecule has 0 spiro atoms. The number of rotatable bonds is 8. The average Bonchev–Trinajstić information content (AvgIpc) is 3.16. The fourth-order valence-corrected chi connectivity index (χ4v) is 3.75. The smallest absolute Gasteiger partial charge is 0.161 e. The summed E-state index contributed by atoms with van der Waals surface area (Å²) in [5, 5.41) is 4.53. The summed E-state index contributed by atoms with van der Waals surface area (Å²) < 4.78 is 10.6. The Kier molecular flexibility index (Phi) is 6.48. The second kappa shape index (κ2) is 9.02. The van der Waals surface area contributed by atoms with Crippen molar-refractivity contribution in [1.29, 1.82) is 0 Å². The molecular formula is C22H26N2O2S. The van der Waals surface area contributed by atoms with Gasteiger partial charge in [0, 0.05) is 19.3 Å². The summed E-state index contributed by atoms with van der Waals surface area (Å²) in [6, 6.07) is 14.7. The number of ether oxygens (including phenoxy) is 2. The van der Waals surface area contributed by atoms with E-state index in [2.05, 4.69) is 48.4 Å². The number of methoxy groups -OCH3 is 2. The first-order valence-corrected chi connectivity index (χ1v) is 9.89. The van der Waals surface area contributed by atoms with Gasteiger partial charge in [0.15, 0.2) is 11.5 Å². The summed E-state index contributed by atoms with van der Waals surface area (Å²) in [6.07, 6.45) is 1.96. The zero-order chi connectivity index (χ0) is 19.2. The minimum Gasteiger partial charge on any atom is -0.493 e. The van der Waals surface area contributed by atoms with Gasteiger partial charge < -0.3 is 14.8 Å². The molecule has 0 unspecified atom stereocenters. The van der Waals surface area contributed by atoms with Crippen LogP contribution < -0.4 is 14.8 Å². The van der Waals surface area contributed by atoms with Gasteiger partial charge in [0.25, 0.3) is 0 Å². The SMILES string of the molecule is COc1ccc(CNCc2ncc(-c3ccc(C(C)C)cc3)s2)cc1OC. The molecule has 4 nitrogen and oxygen atoms in total. The van der Waals surface area contributed by atoms with E-state index in [9.17, 15) is 0 Å². The Balaban J connectivity index is 1.58. The Bertz CT molecular complexity index is 872. The van der Waals surface area contributed by atoms with Gasteiger partial charge in [0.05, 0.1) is 19.1 Å². The standard InChI is InChI=1S/C22H26N2O2S/c1-15(2)17-6-8-18(9-7-17)21-13-24-22(27-21)14-23-12-16-5-10-19(25-3)20(11-16)26-4/h5-11,13,15,23H,12,14H2,1-4H3. The Morgan fingerprint density at radius 3 is 2.37 bits per heavy atom. The topological polar surface area (TPSA) is 43.4 Å². The lowest BCUT2D eigenvalue weighted by Gasteiger charge is -2.09. The molecule has 3 aromatic rings. The molecule has 0 saturated carbocycles. The van der Waals surface area contributed by atoms with Crippen LogP contribution in [0.15, 0.2) is 48.7 Å². The highest BCUT2D eigenvalue weighted by atomic mass is 32.1. The molecule has 5 heteroatoms. The van der Waals surface area contributed by atoms with Gasteiger partial charge in [-0.2, -0.15) is 0 Å². The van der Waals surface area contributed by atoms with Crippen LogP contribution in [0.4, 0.5) is 0 Å². The van der Waals surface area contributed by atoms with Gasteiger partial charge in [-0.1, -0.05) is 44.2 Å². The Hall–Kier alpha value is -2.37. The van der Waals surface area contributed by atoms with E-state index in [1.165, 1.54) is 16.0 Å². The molecule has 0 aliphatic carbocycles. The summed E-state index contributed by atoms with van der Waals surface area (Å²) in [7, 11) is 3.30. The van der Waals surface area contributed by atoms with Crippen molar-refractivity contribution < 1.29 is 9.47 Å². The van der Waals surface area contributed by atoms with E-state index in [0.29, 0.717) is 5.92 Å². The first kappa shape index (κ1) is 19.4. The molecule has 1 heterocycles. The zero-order valence-corrected chi connectivity index (χ0v) is 17.1. The van der Waals surface area contributed by atoms with Gasteiger partial charge in [-0.3, -0.25) is 0 Å². The number of hydrogen-bond acceptors (Lipinski definition) is 5. The number of nitrogens with zero attached hydrogens (tertiary/aromatic N) is 1. The molecule has 0 amide bonds. The van der Waals surface area contributed by atoms with Gasteiger partial charge >= 0.3 is 0 Å². The van der Waals surface area contributed by atoms with E-state index in [0.717, 1.165) is 35.2 Å². The highest BCUT2D eigenvalue weighted by molar-refractivity contribution is 7.15. The molecule has 27 heavy (non-hydrogen) atoms. The average molecular weight is 383 g/mol. The van der Waals surface area contributed by atoms with Crippen molar-refractivity contribution in [2.45, 2.75) is 32.9 Å². The normalized spacial score (nSPS) is 11.0. The maximum atomic E-state index is 5.35. The Morgan fingerprint density at radius 1 is 0.963 bits per heavy atom. The van der Waals surface area contributed by atoms with E-state index in [1.807, 2.05) is 24.4 Å². The molecule has 2 aromatic carbocycles. The van der Waals surface area contributed by atoms with Crippen LogP contribution in [0.2, 0.25) is 0 Å². The number of aromatic nitrogens is 1. The van der Waals surface area contributed by atoms with Crippen LogP contribution in [-0.2, 0) is 13.1 Å². The monoisotopic (exact) mass is 382 g/mol. The van der Waals surface area contributed by atoms with Gasteiger partial charge in [-0.05, 0) is 34.7 Å². The first-order valence-electron chi connectivity index (χ1n) is 9.07.